The lowest BCUT2D eigenvalue weighted by atomic mass is 10.0. The molecule has 0 rings (SSSR count). The number of aliphatic hydroxyl groups excluding tert-OH is 1. The van der Waals surface area contributed by atoms with Crippen molar-refractivity contribution >= 4 is 13.7 Å². The molecule has 0 fully saturated rings. The topological polar surface area (TPSA) is 105 Å². The van der Waals surface area contributed by atoms with Gasteiger partial charge in [0.05, 0.1) is 39.9 Å². The summed E-state index contributed by atoms with van der Waals surface area (Å²) in [6.07, 6.45) is 48.4. The number of hydrogen-bond donors (Lipinski definition) is 3. The number of carbonyl (C=O) groups excluding carboxylic acids is 1. The molecule has 0 aliphatic carbocycles. The molecular formula is C48H96N2O6P+. The Hall–Kier alpha value is -1.02. The van der Waals surface area contributed by atoms with Crippen LogP contribution in [-0.4, -0.2) is 73.4 Å². The van der Waals surface area contributed by atoms with E-state index < -0.39 is 20.0 Å². The molecule has 57 heavy (non-hydrogen) atoms. The van der Waals surface area contributed by atoms with Crippen LogP contribution in [0.15, 0.2) is 24.3 Å². The van der Waals surface area contributed by atoms with Crippen LogP contribution in [0.4, 0.5) is 0 Å². The molecule has 0 bridgehead atoms. The average molecular weight is 828 g/mol. The van der Waals surface area contributed by atoms with Gasteiger partial charge in [0.1, 0.15) is 13.2 Å². The lowest BCUT2D eigenvalue weighted by Crippen LogP contribution is -2.45. The maximum atomic E-state index is 12.8. The number of likely N-dealkylation sites (N-methyl/N-ethyl adjacent to an activating group) is 1. The molecule has 0 aromatic rings. The second-order valence-corrected chi connectivity index (χ2v) is 19.3. The first-order valence-corrected chi connectivity index (χ1v) is 25.7. The van der Waals surface area contributed by atoms with Crippen LogP contribution in [0.25, 0.3) is 0 Å². The number of hydrogen-bond acceptors (Lipinski definition) is 5. The first-order valence-electron chi connectivity index (χ1n) is 24.2. The maximum Gasteiger partial charge on any atom is 0.472 e. The number of unbranched alkanes of at least 4 members (excludes halogenated alkanes) is 29. The van der Waals surface area contributed by atoms with Crippen LogP contribution < -0.4 is 5.32 Å². The number of nitrogens with zero attached hydrogens (tertiary/aromatic N) is 1. The van der Waals surface area contributed by atoms with Crippen LogP contribution in [0.5, 0.6) is 0 Å². The highest BCUT2D eigenvalue weighted by Crippen LogP contribution is 2.43. The van der Waals surface area contributed by atoms with E-state index in [-0.39, 0.29) is 19.1 Å². The minimum atomic E-state index is -4.34. The van der Waals surface area contributed by atoms with Crippen LogP contribution in [0.3, 0.4) is 0 Å². The van der Waals surface area contributed by atoms with Crippen LogP contribution in [0, 0.1) is 0 Å². The molecule has 3 unspecified atom stereocenters. The van der Waals surface area contributed by atoms with Crippen molar-refractivity contribution in [2.45, 2.75) is 238 Å². The van der Waals surface area contributed by atoms with Gasteiger partial charge in [-0.25, -0.2) is 4.57 Å². The third-order valence-corrected chi connectivity index (χ3v) is 11.9. The number of rotatable bonds is 44. The lowest BCUT2D eigenvalue weighted by Gasteiger charge is -2.25. The van der Waals surface area contributed by atoms with E-state index in [0.717, 1.165) is 57.8 Å². The Morgan fingerprint density at radius 3 is 1.40 bits per heavy atom. The van der Waals surface area contributed by atoms with Crippen LogP contribution in [0.2, 0.25) is 0 Å². The largest absolute Gasteiger partial charge is 0.472 e. The molecule has 0 aliphatic heterocycles. The quantitative estimate of drug-likeness (QED) is 0.0244. The van der Waals surface area contributed by atoms with Gasteiger partial charge in [0.2, 0.25) is 5.91 Å². The Bertz CT molecular complexity index is 984. The molecule has 0 aromatic carbocycles. The van der Waals surface area contributed by atoms with Crippen molar-refractivity contribution in [3.05, 3.63) is 24.3 Å². The Morgan fingerprint density at radius 2 is 0.965 bits per heavy atom. The van der Waals surface area contributed by atoms with E-state index in [1.807, 2.05) is 27.2 Å². The Kier molecular flexibility index (Phi) is 39.7. The SMILES string of the molecule is CCCC/C=C\CCCCCCC(=O)NC(COP(=O)(O)OCC[N+](C)(C)C)C(O)/C=C/CCCCCCCCCCCCCCCCCCCCCCCCC. The van der Waals surface area contributed by atoms with Crippen LogP contribution in [0.1, 0.15) is 226 Å². The van der Waals surface area contributed by atoms with Gasteiger partial charge in [0, 0.05) is 6.42 Å². The Labute approximate surface area is 354 Å². The fourth-order valence-electron chi connectivity index (χ4n) is 7.02. The number of nitrogens with one attached hydrogen (secondary N) is 1. The number of phosphoric acid groups is 1. The summed E-state index contributed by atoms with van der Waals surface area (Å²) in [5, 5.41) is 13.8. The van der Waals surface area contributed by atoms with Gasteiger partial charge in [-0.15, -0.1) is 0 Å². The normalized spacial score (nSPS) is 14.4. The summed E-state index contributed by atoms with van der Waals surface area (Å²) < 4.78 is 23.5. The first-order chi connectivity index (χ1) is 27.5. The van der Waals surface area contributed by atoms with Gasteiger partial charge in [-0.1, -0.05) is 205 Å². The molecule has 3 N–H and O–H groups in total. The van der Waals surface area contributed by atoms with Crippen LogP contribution in [-0.2, 0) is 18.4 Å². The van der Waals surface area contributed by atoms with Crippen molar-refractivity contribution < 1.29 is 32.9 Å². The smallest absolute Gasteiger partial charge is 0.387 e. The molecule has 0 aromatic heterocycles. The standard InChI is InChI=1S/C48H95N2O6P/c1-6-8-10-12-14-16-18-19-20-21-22-23-24-25-26-27-28-29-30-31-32-33-35-37-39-41-47(51)46(45-56-57(53,54)55-44-43-50(3,4)5)49-48(52)42-40-38-36-34-17-15-13-11-9-7-2/h13,15,39,41,46-47,51H,6-12,14,16-38,40,42-45H2,1-5H3,(H-,49,52,53,54)/p+1/b15-13-,41-39+. The van der Waals surface area contributed by atoms with E-state index in [4.69, 9.17) is 9.05 Å². The molecule has 0 radical (unpaired) electrons. The summed E-state index contributed by atoms with van der Waals surface area (Å²) in [6, 6.07) is -0.848. The summed E-state index contributed by atoms with van der Waals surface area (Å²) in [7, 11) is 1.57. The van der Waals surface area contributed by atoms with Crippen molar-refractivity contribution in [1.82, 2.24) is 5.32 Å². The first kappa shape index (κ1) is 56.0. The highest BCUT2D eigenvalue weighted by molar-refractivity contribution is 7.47. The molecule has 338 valence electrons. The number of carbonyl (C=O) groups is 1. The minimum absolute atomic E-state index is 0.0604. The van der Waals surface area contributed by atoms with E-state index in [0.29, 0.717) is 17.4 Å². The van der Waals surface area contributed by atoms with Gasteiger partial charge < -0.3 is 19.8 Å². The number of amides is 1. The van der Waals surface area contributed by atoms with E-state index in [1.54, 1.807) is 6.08 Å². The molecule has 0 spiro atoms. The third-order valence-electron chi connectivity index (χ3n) is 10.9. The fraction of sp³-hybridized carbons (Fsp3) is 0.896. The second-order valence-electron chi connectivity index (χ2n) is 17.8. The molecule has 8 nitrogen and oxygen atoms in total. The predicted molar refractivity (Wildman–Crippen MR) is 245 cm³/mol. The molecule has 0 heterocycles. The average Bonchev–Trinajstić information content (AvgIpc) is 3.16. The maximum absolute atomic E-state index is 12.8. The predicted octanol–water partition coefficient (Wildman–Crippen LogP) is 13.7. The molecule has 3 atom stereocenters. The highest BCUT2D eigenvalue weighted by Gasteiger charge is 2.27. The fourth-order valence-corrected chi connectivity index (χ4v) is 7.76. The summed E-state index contributed by atoms with van der Waals surface area (Å²) in [4.78, 5) is 23.1. The summed E-state index contributed by atoms with van der Waals surface area (Å²) in [6.45, 7) is 4.77. The van der Waals surface area contributed by atoms with E-state index in [9.17, 15) is 19.4 Å². The molecule has 0 saturated carbocycles. The summed E-state index contributed by atoms with van der Waals surface area (Å²) in [5.41, 5.74) is 0. The van der Waals surface area contributed by atoms with Crippen molar-refractivity contribution in [3.63, 3.8) is 0 Å². The highest BCUT2D eigenvalue weighted by atomic mass is 31.2. The van der Waals surface area contributed by atoms with Crippen LogP contribution >= 0.6 is 7.82 Å². The minimum Gasteiger partial charge on any atom is -0.387 e. The van der Waals surface area contributed by atoms with Gasteiger partial charge in [-0.05, 0) is 38.5 Å². The van der Waals surface area contributed by atoms with E-state index in [1.165, 1.54) is 148 Å². The second kappa shape index (κ2) is 40.4. The summed E-state index contributed by atoms with van der Waals surface area (Å²) in [5.74, 6) is -0.191. The number of allylic oxidation sites excluding steroid dienone is 3. The van der Waals surface area contributed by atoms with E-state index in [2.05, 4.69) is 31.3 Å². The lowest BCUT2D eigenvalue weighted by molar-refractivity contribution is -0.870. The third kappa shape index (κ3) is 42.9. The monoisotopic (exact) mass is 828 g/mol. The molecule has 1 amide bonds. The Morgan fingerprint density at radius 1 is 0.579 bits per heavy atom. The van der Waals surface area contributed by atoms with Crippen molar-refractivity contribution in [2.75, 3.05) is 40.9 Å². The van der Waals surface area contributed by atoms with Crippen molar-refractivity contribution in [3.8, 4) is 0 Å². The Balaban J connectivity index is 4.19. The zero-order chi connectivity index (χ0) is 42.1. The summed E-state index contributed by atoms with van der Waals surface area (Å²) >= 11 is 0. The zero-order valence-corrected chi connectivity index (χ0v) is 39.2. The zero-order valence-electron chi connectivity index (χ0n) is 38.3. The molecular weight excluding hydrogens is 732 g/mol. The number of phosphoric ester groups is 1. The van der Waals surface area contributed by atoms with Gasteiger partial charge in [0.25, 0.3) is 0 Å². The van der Waals surface area contributed by atoms with Gasteiger partial charge in [-0.3, -0.25) is 13.8 Å². The molecule has 0 saturated heterocycles. The van der Waals surface area contributed by atoms with Gasteiger partial charge >= 0.3 is 7.82 Å². The molecule has 0 aliphatic rings. The van der Waals surface area contributed by atoms with Crippen molar-refractivity contribution in [1.29, 1.82) is 0 Å². The van der Waals surface area contributed by atoms with Crippen molar-refractivity contribution in [2.24, 2.45) is 0 Å². The van der Waals surface area contributed by atoms with Gasteiger partial charge in [0.15, 0.2) is 0 Å². The number of aliphatic hydroxyl groups is 1. The number of quaternary nitrogens is 1. The van der Waals surface area contributed by atoms with E-state index >= 15 is 0 Å². The molecule has 9 heteroatoms. The van der Waals surface area contributed by atoms with Gasteiger partial charge in [-0.2, -0.15) is 0 Å².